The second kappa shape index (κ2) is 7.87. The van der Waals surface area contributed by atoms with Crippen LogP contribution in [0.4, 0.5) is 0 Å². The zero-order valence-corrected chi connectivity index (χ0v) is 17.9. The summed E-state index contributed by atoms with van der Waals surface area (Å²) in [4.78, 5) is 2.35. The lowest BCUT2D eigenvalue weighted by Gasteiger charge is -2.28. The number of nitrogens with zero attached hydrogens (tertiary/aromatic N) is 1. The van der Waals surface area contributed by atoms with E-state index in [2.05, 4.69) is 130 Å². The van der Waals surface area contributed by atoms with E-state index < -0.39 is 0 Å². The van der Waals surface area contributed by atoms with Crippen LogP contribution in [0.5, 0.6) is 0 Å². The van der Waals surface area contributed by atoms with E-state index in [9.17, 15) is 0 Å². The lowest BCUT2D eigenvalue weighted by Crippen LogP contribution is -2.19. The third-order valence-electron chi connectivity index (χ3n) is 4.80. The Morgan fingerprint density at radius 2 is 1.11 bits per heavy atom. The first-order valence-corrected chi connectivity index (χ1v) is 11.4. The summed E-state index contributed by atoms with van der Waals surface area (Å²) in [6, 6.07) is 0. The maximum absolute atomic E-state index is 2.35. The van der Waals surface area contributed by atoms with E-state index in [0.29, 0.717) is 0 Å². The molecule has 1 unspecified atom stereocenters. The van der Waals surface area contributed by atoms with Gasteiger partial charge in [0.15, 0.2) is 0 Å². The Hall–Kier alpha value is -2.11. The zero-order chi connectivity index (χ0) is 19.5. The van der Waals surface area contributed by atoms with Crippen molar-refractivity contribution in [1.82, 2.24) is 4.90 Å². The maximum atomic E-state index is 2.35. The Morgan fingerprint density at radius 1 is 0.630 bits per heavy atom. The van der Waals surface area contributed by atoms with Gasteiger partial charge in [-0.2, -0.15) is 0 Å². The second-order valence-corrected chi connectivity index (χ2v) is 10.4. The van der Waals surface area contributed by atoms with E-state index in [1.807, 2.05) is 0 Å². The Kier molecular flexibility index (Phi) is 5.72. The molecule has 1 aliphatic heterocycles. The highest BCUT2D eigenvalue weighted by molar-refractivity contribution is 7.63. The molecule has 0 radical (unpaired) electrons. The number of hydrogen-bond acceptors (Lipinski definition) is 1. The van der Waals surface area contributed by atoms with Gasteiger partial charge in [0.05, 0.1) is 0 Å². The minimum Gasteiger partial charge on any atom is -0.311 e. The Bertz CT molecular complexity index is 801. The molecule has 0 saturated carbocycles. The van der Waals surface area contributed by atoms with Crippen molar-refractivity contribution in [3.63, 3.8) is 0 Å². The molecule has 3 aliphatic rings. The third kappa shape index (κ3) is 5.21. The second-order valence-electron chi connectivity index (χ2n) is 8.46. The van der Waals surface area contributed by atoms with Crippen LogP contribution in [-0.2, 0) is 0 Å². The predicted molar refractivity (Wildman–Crippen MR) is 121 cm³/mol. The van der Waals surface area contributed by atoms with Gasteiger partial charge in [-0.15, -0.1) is 0 Å². The van der Waals surface area contributed by atoms with Crippen molar-refractivity contribution in [1.29, 1.82) is 0 Å². The van der Waals surface area contributed by atoms with Gasteiger partial charge in [-0.25, -0.2) is 0 Å². The summed E-state index contributed by atoms with van der Waals surface area (Å²) in [6.07, 6.45) is 29.0. The first-order chi connectivity index (χ1) is 12.8. The van der Waals surface area contributed by atoms with Gasteiger partial charge in [-0.1, -0.05) is 89.8 Å². The molecular formula is C25H30NP. The normalized spacial score (nSPS) is 25.2. The van der Waals surface area contributed by atoms with E-state index in [1.165, 1.54) is 17.1 Å². The molecular weight excluding hydrogens is 345 g/mol. The molecule has 0 aromatic carbocycles. The molecule has 140 valence electrons. The van der Waals surface area contributed by atoms with Crippen LogP contribution in [-0.4, -0.2) is 11.6 Å². The molecule has 0 N–H and O–H groups in total. The molecule has 0 saturated heterocycles. The zero-order valence-electron chi connectivity index (χ0n) is 17.1. The van der Waals surface area contributed by atoms with Crippen LogP contribution in [0.25, 0.3) is 0 Å². The predicted octanol–water partition coefficient (Wildman–Crippen LogP) is 7.40. The van der Waals surface area contributed by atoms with Crippen LogP contribution < -0.4 is 0 Å². The third-order valence-corrected chi connectivity index (χ3v) is 6.06. The topological polar surface area (TPSA) is 3.24 Å². The number of allylic oxidation sites excluding steroid dienone is 13. The molecule has 0 aromatic heterocycles. The smallest absolute Gasteiger partial charge is 0.0462 e. The van der Waals surface area contributed by atoms with Gasteiger partial charge in [0, 0.05) is 27.9 Å². The lowest BCUT2D eigenvalue weighted by molar-refractivity contribution is 0.571. The van der Waals surface area contributed by atoms with Crippen molar-refractivity contribution in [2.24, 2.45) is 10.8 Å². The summed E-state index contributed by atoms with van der Waals surface area (Å²) in [7, 11) is -0.189. The number of hydrogen-bond donors (Lipinski definition) is 0. The van der Waals surface area contributed by atoms with E-state index in [4.69, 9.17) is 0 Å². The van der Waals surface area contributed by atoms with E-state index >= 15 is 0 Å². The highest BCUT2D eigenvalue weighted by Crippen LogP contribution is 2.38. The highest BCUT2D eigenvalue weighted by atomic mass is 31.1. The van der Waals surface area contributed by atoms with Crippen molar-refractivity contribution >= 4 is 7.92 Å². The summed E-state index contributed by atoms with van der Waals surface area (Å²) in [5, 5.41) is 0. The van der Waals surface area contributed by atoms with Crippen molar-refractivity contribution in [2.45, 2.75) is 27.7 Å². The average molecular weight is 375 g/mol. The first kappa shape index (κ1) is 19.6. The maximum Gasteiger partial charge on any atom is 0.0462 e. The molecule has 27 heavy (non-hydrogen) atoms. The molecule has 0 amide bonds. The molecule has 0 fully saturated rings. The van der Waals surface area contributed by atoms with Gasteiger partial charge in [-0.3, -0.25) is 0 Å². The van der Waals surface area contributed by atoms with Crippen molar-refractivity contribution in [3.05, 3.63) is 108 Å². The molecule has 2 heteroatoms. The molecule has 1 atom stereocenters. The van der Waals surface area contributed by atoms with Gasteiger partial charge in [0.2, 0.25) is 0 Å². The molecule has 0 spiro atoms. The van der Waals surface area contributed by atoms with Gasteiger partial charge in [0.1, 0.15) is 0 Å². The monoisotopic (exact) mass is 375 g/mol. The van der Waals surface area contributed by atoms with Gasteiger partial charge < -0.3 is 4.90 Å². The minimum atomic E-state index is -0.189. The average Bonchev–Trinajstić information content (AvgIpc) is 2.98. The molecule has 1 heterocycles. The fraction of sp³-hybridized carbons (Fsp3) is 0.280. The highest BCUT2D eigenvalue weighted by Gasteiger charge is 2.20. The lowest BCUT2D eigenvalue weighted by atomic mass is 9.93. The van der Waals surface area contributed by atoms with E-state index in [1.54, 1.807) is 0 Å². The molecule has 1 nitrogen and oxygen atoms in total. The van der Waals surface area contributed by atoms with Crippen LogP contribution in [0.2, 0.25) is 0 Å². The Labute approximate surface area is 166 Å². The van der Waals surface area contributed by atoms with Gasteiger partial charge in [-0.05, 0) is 43.1 Å². The summed E-state index contributed by atoms with van der Waals surface area (Å²) >= 11 is 0. The van der Waals surface area contributed by atoms with Crippen molar-refractivity contribution < 1.29 is 0 Å². The molecule has 0 aromatic rings. The SMILES string of the molecule is CP1C=CC=C(N(C2=CC=CC(C)(C)C=C2)C2=CC=CC(C)(C)C=C2)C=C1. The van der Waals surface area contributed by atoms with Crippen LogP contribution in [0, 0.1) is 10.8 Å². The van der Waals surface area contributed by atoms with Crippen LogP contribution in [0.1, 0.15) is 27.7 Å². The van der Waals surface area contributed by atoms with Crippen LogP contribution >= 0.6 is 7.92 Å². The standard InChI is InChI=1S/C25H30NP/c1-24(2)15-6-9-21(12-17-24)26(23-11-8-19-27(5)20-14-23)22-10-7-16-25(3,4)18-13-22/h6-20H,1-5H3. The van der Waals surface area contributed by atoms with Crippen molar-refractivity contribution in [3.8, 4) is 0 Å². The molecule has 2 aliphatic carbocycles. The summed E-state index contributed by atoms with van der Waals surface area (Å²) < 4.78 is 0. The summed E-state index contributed by atoms with van der Waals surface area (Å²) in [5.41, 5.74) is 3.65. The summed E-state index contributed by atoms with van der Waals surface area (Å²) in [5.74, 6) is 4.61. The van der Waals surface area contributed by atoms with Crippen molar-refractivity contribution in [2.75, 3.05) is 6.66 Å². The quantitative estimate of drug-likeness (QED) is 0.465. The van der Waals surface area contributed by atoms with E-state index in [0.717, 1.165) is 0 Å². The van der Waals surface area contributed by atoms with Gasteiger partial charge >= 0.3 is 0 Å². The van der Waals surface area contributed by atoms with E-state index in [-0.39, 0.29) is 18.8 Å². The fourth-order valence-corrected chi connectivity index (χ4v) is 3.93. The fourth-order valence-electron chi connectivity index (χ4n) is 3.08. The summed E-state index contributed by atoms with van der Waals surface area (Å²) in [6.45, 7) is 11.2. The Morgan fingerprint density at radius 3 is 1.67 bits per heavy atom. The number of rotatable bonds is 3. The Balaban J connectivity index is 2.07. The molecule has 3 rings (SSSR count). The molecule has 0 bridgehead atoms. The first-order valence-electron chi connectivity index (χ1n) is 9.52. The van der Waals surface area contributed by atoms with Crippen LogP contribution in [0.3, 0.4) is 0 Å². The van der Waals surface area contributed by atoms with Gasteiger partial charge in [0.25, 0.3) is 0 Å². The van der Waals surface area contributed by atoms with Crippen LogP contribution in [0.15, 0.2) is 108 Å². The largest absolute Gasteiger partial charge is 0.311 e. The minimum absolute atomic E-state index is 0.0603.